The maximum atomic E-state index is 10.2. The van der Waals surface area contributed by atoms with Gasteiger partial charge in [0.15, 0.2) is 5.79 Å². The van der Waals surface area contributed by atoms with E-state index in [1.807, 2.05) is 0 Å². The smallest absolute Gasteiger partial charge is 0.169 e. The highest BCUT2D eigenvalue weighted by molar-refractivity contribution is 5.25. The van der Waals surface area contributed by atoms with Gasteiger partial charge in [0.1, 0.15) is 0 Å². The molecule has 1 N–H and O–H groups in total. The van der Waals surface area contributed by atoms with Gasteiger partial charge in [0.25, 0.3) is 0 Å². The first-order chi connectivity index (χ1) is 12.4. The van der Waals surface area contributed by atoms with Crippen LogP contribution in [0.2, 0.25) is 0 Å². The molecule has 0 amide bonds. The van der Waals surface area contributed by atoms with Gasteiger partial charge in [-0.25, -0.2) is 0 Å². The zero-order valence-electron chi connectivity index (χ0n) is 16.8. The van der Waals surface area contributed by atoms with E-state index in [0.717, 1.165) is 43.8 Å². The van der Waals surface area contributed by atoms with Crippen molar-refractivity contribution in [2.75, 3.05) is 13.2 Å². The second kappa shape index (κ2) is 5.81. The number of ether oxygens (including phenoxy) is 2. The second-order valence-electron chi connectivity index (χ2n) is 10.5. The topological polar surface area (TPSA) is 38.7 Å². The van der Waals surface area contributed by atoms with E-state index in [1.165, 1.54) is 38.5 Å². The van der Waals surface area contributed by atoms with Crippen molar-refractivity contribution in [1.82, 2.24) is 0 Å². The van der Waals surface area contributed by atoms with Gasteiger partial charge in [-0.2, -0.15) is 0 Å². The van der Waals surface area contributed by atoms with Crippen LogP contribution >= 0.6 is 0 Å². The number of aliphatic hydroxyl groups is 1. The minimum absolute atomic E-state index is 0.104. The van der Waals surface area contributed by atoms with E-state index in [2.05, 4.69) is 26.8 Å². The molecule has 0 aromatic rings. The van der Waals surface area contributed by atoms with E-state index in [9.17, 15) is 5.11 Å². The van der Waals surface area contributed by atoms with Crippen LogP contribution in [0.3, 0.4) is 0 Å². The third-order valence-electron chi connectivity index (χ3n) is 9.57. The molecule has 4 fully saturated rings. The summed E-state index contributed by atoms with van der Waals surface area (Å²) in [6, 6.07) is 0. The standard InChI is InChI=1S/C23H36O3/c1-21-10-8-16(24)14-15(21)4-5-17-18-6-7-20(23(3)25-12-13-26-23)22(18,2)11-9-19(17)21/h4,16-20,24H,5-14H2,1-3H3/t16-,17+,18+,19+,20+,21+,22+/m1/s1. The normalized spacial score (nSPS) is 52.8. The molecule has 5 rings (SSSR count). The highest BCUT2D eigenvalue weighted by atomic mass is 16.7. The molecule has 26 heavy (non-hydrogen) atoms. The summed E-state index contributed by atoms with van der Waals surface area (Å²) < 4.78 is 12.3. The summed E-state index contributed by atoms with van der Waals surface area (Å²) in [5.74, 6) is 2.61. The van der Waals surface area contributed by atoms with Gasteiger partial charge in [-0.1, -0.05) is 25.5 Å². The van der Waals surface area contributed by atoms with Gasteiger partial charge in [-0.05, 0) is 86.9 Å². The van der Waals surface area contributed by atoms with E-state index in [0.29, 0.717) is 16.7 Å². The summed E-state index contributed by atoms with van der Waals surface area (Å²) in [6.07, 6.45) is 12.0. The number of fused-ring (bicyclic) bond motifs is 5. The lowest BCUT2D eigenvalue weighted by atomic mass is 9.47. The Balaban J connectivity index is 1.45. The average Bonchev–Trinajstić information content (AvgIpc) is 3.19. The molecular weight excluding hydrogens is 324 g/mol. The van der Waals surface area contributed by atoms with Crippen molar-refractivity contribution in [2.45, 2.75) is 84.0 Å². The molecular formula is C23H36O3. The fourth-order valence-electron chi connectivity index (χ4n) is 8.23. The number of allylic oxidation sites excluding steroid dienone is 1. The van der Waals surface area contributed by atoms with Crippen molar-refractivity contribution >= 4 is 0 Å². The minimum atomic E-state index is -0.356. The van der Waals surface area contributed by atoms with E-state index in [1.54, 1.807) is 5.57 Å². The van der Waals surface area contributed by atoms with Gasteiger partial charge in [0.2, 0.25) is 0 Å². The first kappa shape index (κ1) is 17.7. The van der Waals surface area contributed by atoms with Gasteiger partial charge >= 0.3 is 0 Å². The quantitative estimate of drug-likeness (QED) is 0.690. The molecule has 1 aliphatic heterocycles. The highest BCUT2D eigenvalue weighted by Crippen LogP contribution is 2.68. The first-order valence-electron chi connectivity index (χ1n) is 11.0. The lowest BCUT2D eigenvalue weighted by Gasteiger charge is -2.58. The van der Waals surface area contributed by atoms with Crippen LogP contribution in [0.5, 0.6) is 0 Å². The molecule has 0 spiro atoms. The monoisotopic (exact) mass is 360 g/mol. The lowest BCUT2D eigenvalue weighted by molar-refractivity contribution is -0.214. The Morgan fingerprint density at radius 1 is 0.962 bits per heavy atom. The van der Waals surface area contributed by atoms with Crippen LogP contribution < -0.4 is 0 Å². The number of aliphatic hydroxyl groups excluding tert-OH is 1. The second-order valence-corrected chi connectivity index (χ2v) is 10.5. The summed E-state index contributed by atoms with van der Waals surface area (Å²) in [4.78, 5) is 0. The van der Waals surface area contributed by atoms with Gasteiger partial charge in [-0.3, -0.25) is 0 Å². The van der Waals surface area contributed by atoms with Crippen LogP contribution in [-0.2, 0) is 9.47 Å². The predicted molar refractivity (Wildman–Crippen MR) is 102 cm³/mol. The maximum absolute atomic E-state index is 10.2. The summed E-state index contributed by atoms with van der Waals surface area (Å²) >= 11 is 0. The molecule has 0 bridgehead atoms. The third-order valence-corrected chi connectivity index (χ3v) is 9.57. The summed E-state index contributed by atoms with van der Waals surface area (Å²) in [5.41, 5.74) is 2.27. The summed E-state index contributed by atoms with van der Waals surface area (Å²) in [5, 5.41) is 10.2. The molecule has 4 aliphatic carbocycles. The maximum Gasteiger partial charge on any atom is 0.169 e. The van der Waals surface area contributed by atoms with Gasteiger partial charge in [0.05, 0.1) is 19.3 Å². The Hall–Kier alpha value is -0.380. The van der Waals surface area contributed by atoms with Gasteiger partial charge in [0, 0.05) is 5.92 Å². The molecule has 0 unspecified atom stereocenters. The fraction of sp³-hybridized carbons (Fsp3) is 0.913. The minimum Gasteiger partial charge on any atom is -0.393 e. The van der Waals surface area contributed by atoms with Crippen molar-refractivity contribution < 1.29 is 14.6 Å². The molecule has 1 heterocycles. The van der Waals surface area contributed by atoms with Gasteiger partial charge < -0.3 is 14.6 Å². The summed E-state index contributed by atoms with van der Waals surface area (Å²) in [7, 11) is 0. The van der Waals surface area contributed by atoms with Crippen molar-refractivity contribution in [2.24, 2.45) is 34.5 Å². The van der Waals surface area contributed by atoms with Crippen LogP contribution in [0, 0.1) is 34.5 Å². The van der Waals surface area contributed by atoms with Crippen LogP contribution in [0.15, 0.2) is 11.6 Å². The molecule has 5 aliphatic rings. The Labute approximate surface area is 158 Å². The Bertz CT molecular complexity index is 607. The Morgan fingerprint density at radius 2 is 1.73 bits per heavy atom. The molecule has 3 heteroatoms. The fourth-order valence-corrected chi connectivity index (χ4v) is 8.23. The molecule has 0 aromatic carbocycles. The lowest BCUT2D eigenvalue weighted by Crippen LogP contribution is -2.53. The van der Waals surface area contributed by atoms with Crippen LogP contribution in [-0.4, -0.2) is 30.2 Å². The zero-order valence-corrected chi connectivity index (χ0v) is 16.8. The molecule has 1 saturated heterocycles. The summed E-state index contributed by atoms with van der Waals surface area (Å²) in [6.45, 7) is 8.78. The number of hydrogen-bond donors (Lipinski definition) is 1. The van der Waals surface area contributed by atoms with Crippen molar-refractivity contribution in [3.05, 3.63) is 11.6 Å². The van der Waals surface area contributed by atoms with E-state index < -0.39 is 0 Å². The zero-order chi connectivity index (χ0) is 18.2. The molecule has 0 radical (unpaired) electrons. The first-order valence-corrected chi connectivity index (χ1v) is 11.0. The van der Waals surface area contributed by atoms with Crippen molar-refractivity contribution in [3.63, 3.8) is 0 Å². The molecule has 0 aromatic heterocycles. The van der Waals surface area contributed by atoms with E-state index in [4.69, 9.17) is 9.47 Å². The van der Waals surface area contributed by atoms with Crippen molar-refractivity contribution in [3.8, 4) is 0 Å². The Morgan fingerprint density at radius 3 is 2.50 bits per heavy atom. The van der Waals surface area contributed by atoms with E-state index >= 15 is 0 Å². The molecule has 7 atom stereocenters. The third kappa shape index (κ3) is 2.29. The number of hydrogen-bond acceptors (Lipinski definition) is 3. The van der Waals surface area contributed by atoms with Gasteiger partial charge in [-0.15, -0.1) is 0 Å². The Kier molecular flexibility index (Phi) is 3.96. The van der Waals surface area contributed by atoms with Crippen molar-refractivity contribution in [1.29, 1.82) is 0 Å². The molecule has 3 nitrogen and oxygen atoms in total. The van der Waals surface area contributed by atoms with Crippen LogP contribution in [0.25, 0.3) is 0 Å². The van der Waals surface area contributed by atoms with Crippen LogP contribution in [0.1, 0.15) is 72.1 Å². The molecule has 146 valence electrons. The van der Waals surface area contributed by atoms with Crippen LogP contribution in [0.4, 0.5) is 0 Å². The largest absolute Gasteiger partial charge is 0.393 e. The highest BCUT2D eigenvalue weighted by Gasteiger charge is 2.62. The predicted octanol–water partition coefficient (Wildman–Crippen LogP) is 4.69. The molecule has 3 saturated carbocycles. The van der Waals surface area contributed by atoms with E-state index in [-0.39, 0.29) is 11.9 Å². The number of rotatable bonds is 1. The average molecular weight is 361 g/mol. The SMILES string of the molecule is CC1([C@H]2CC[C@H]3[C@@H]4CC=C5C[C@H](O)CC[C@]5(C)[C@H]4CC[C@]23C)OCCO1.